The lowest BCUT2D eigenvalue weighted by molar-refractivity contribution is -0.118. The van der Waals surface area contributed by atoms with Gasteiger partial charge in [0.1, 0.15) is 5.75 Å². The smallest absolute Gasteiger partial charge is 0.262 e. The zero-order valence-electron chi connectivity index (χ0n) is 16.7. The Morgan fingerprint density at radius 3 is 2.62 bits per heavy atom. The molecule has 0 saturated heterocycles. The van der Waals surface area contributed by atoms with Crippen LogP contribution in [-0.4, -0.2) is 18.7 Å². The third kappa shape index (κ3) is 5.93. The fraction of sp³-hybridized carbons (Fsp3) is 0.167. The summed E-state index contributed by atoms with van der Waals surface area (Å²) in [4.78, 5) is 16.7. The molecule has 0 unspecified atom stereocenters. The van der Waals surface area contributed by atoms with Crippen LogP contribution in [0.1, 0.15) is 22.3 Å². The second-order valence-corrected chi connectivity index (χ2v) is 7.35. The van der Waals surface area contributed by atoms with Gasteiger partial charge in [-0.1, -0.05) is 29.8 Å². The highest BCUT2D eigenvalue weighted by molar-refractivity contribution is 6.30. The fourth-order valence-corrected chi connectivity index (χ4v) is 2.95. The Hall–Kier alpha value is -3.11. The molecule has 4 nitrogen and oxygen atoms in total. The Balaban J connectivity index is 1.70. The van der Waals surface area contributed by atoms with Crippen LogP contribution in [0, 0.1) is 20.8 Å². The number of halogens is 1. The molecule has 0 aliphatic heterocycles. The van der Waals surface area contributed by atoms with E-state index in [2.05, 4.69) is 24.2 Å². The SMILES string of the molecule is Cc1cccc(NC(=O)COc2ccc(Cl)cc2C=Nc2ccc(C)c(C)c2)c1. The van der Waals surface area contributed by atoms with Crippen molar-refractivity contribution in [3.8, 4) is 5.75 Å². The van der Waals surface area contributed by atoms with Crippen LogP contribution in [0.2, 0.25) is 5.02 Å². The molecule has 0 atom stereocenters. The molecule has 29 heavy (non-hydrogen) atoms. The van der Waals surface area contributed by atoms with Gasteiger partial charge in [0.2, 0.25) is 0 Å². The lowest BCUT2D eigenvalue weighted by Gasteiger charge is -2.10. The molecule has 0 radical (unpaired) electrons. The lowest BCUT2D eigenvalue weighted by atomic mass is 10.1. The zero-order chi connectivity index (χ0) is 20.8. The number of ether oxygens (including phenoxy) is 1. The van der Waals surface area contributed by atoms with E-state index in [1.165, 1.54) is 11.1 Å². The molecule has 0 bridgehead atoms. The summed E-state index contributed by atoms with van der Waals surface area (Å²) >= 11 is 6.13. The van der Waals surface area contributed by atoms with E-state index >= 15 is 0 Å². The van der Waals surface area contributed by atoms with E-state index in [1.807, 2.05) is 49.4 Å². The van der Waals surface area contributed by atoms with Crippen LogP contribution < -0.4 is 10.1 Å². The molecule has 0 saturated carbocycles. The molecule has 3 aromatic rings. The molecule has 1 N–H and O–H groups in total. The maximum absolute atomic E-state index is 12.2. The second-order valence-electron chi connectivity index (χ2n) is 6.92. The number of nitrogens with zero attached hydrogens (tertiary/aromatic N) is 1. The number of nitrogens with one attached hydrogen (secondary N) is 1. The van der Waals surface area contributed by atoms with E-state index in [0.29, 0.717) is 16.3 Å². The molecule has 1 amide bonds. The van der Waals surface area contributed by atoms with E-state index in [-0.39, 0.29) is 12.5 Å². The standard InChI is InChI=1S/C24H23ClN2O2/c1-16-5-4-6-22(11-16)27-24(28)15-29-23-10-8-20(25)13-19(23)14-26-21-9-7-17(2)18(3)12-21/h4-14H,15H2,1-3H3,(H,27,28). The maximum atomic E-state index is 12.2. The third-order valence-corrected chi connectivity index (χ3v) is 4.71. The largest absolute Gasteiger partial charge is 0.483 e. The average molecular weight is 407 g/mol. The van der Waals surface area contributed by atoms with Crippen molar-refractivity contribution >= 4 is 35.1 Å². The number of aryl methyl sites for hydroxylation is 3. The van der Waals surface area contributed by atoms with Crippen molar-refractivity contribution in [3.63, 3.8) is 0 Å². The molecule has 148 valence electrons. The Morgan fingerprint density at radius 1 is 1.03 bits per heavy atom. The van der Waals surface area contributed by atoms with Crippen molar-refractivity contribution < 1.29 is 9.53 Å². The fourth-order valence-electron chi connectivity index (χ4n) is 2.76. The van der Waals surface area contributed by atoms with Crippen molar-refractivity contribution in [2.24, 2.45) is 4.99 Å². The lowest BCUT2D eigenvalue weighted by Crippen LogP contribution is -2.20. The summed E-state index contributed by atoms with van der Waals surface area (Å²) in [5.41, 5.74) is 5.76. The van der Waals surface area contributed by atoms with Crippen LogP contribution >= 0.6 is 11.6 Å². The number of carbonyl (C=O) groups is 1. The number of anilines is 1. The van der Waals surface area contributed by atoms with Crippen molar-refractivity contribution in [2.75, 3.05) is 11.9 Å². The summed E-state index contributed by atoms with van der Waals surface area (Å²) in [7, 11) is 0. The Morgan fingerprint density at radius 2 is 1.86 bits per heavy atom. The maximum Gasteiger partial charge on any atom is 0.262 e. The minimum Gasteiger partial charge on any atom is -0.483 e. The number of amides is 1. The van der Waals surface area contributed by atoms with Gasteiger partial charge in [-0.3, -0.25) is 9.79 Å². The van der Waals surface area contributed by atoms with E-state index in [9.17, 15) is 4.79 Å². The minimum absolute atomic E-state index is 0.111. The van der Waals surface area contributed by atoms with Gasteiger partial charge in [-0.2, -0.15) is 0 Å². The number of hydrogen-bond acceptors (Lipinski definition) is 3. The number of rotatable bonds is 6. The minimum atomic E-state index is -0.234. The molecule has 0 aliphatic carbocycles. The first-order chi connectivity index (χ1) is 13.9. The molecular formula is C24H23ClN2O2. The molecule has 0 aliphatic rings. The summed E-state index contributed by atoms with van der Waals surface area (Å²) < 4.78 is 5.73. The number of aliphatic imine (C=N–C) groups is 1. The highest BCUT2D eigenvalue weighted by Crippen LogP contribution is 2.23. The van der Waals surface area contributed by atoms with Gasteiger partial charge in [-0.05, 0) is 79.9 Å². The summed E-state index contributed by atoms with van der Waals surface area (Å²) in [6.45, 7) is 5.98. The van der Waals surface area contributed by atoms with Crippen LogP contribution in [0.25, 0.3) is 0 Å². The van der Waals surface area contributed by atoms with E-state index in [1.54, 1.807) is 24.4 Å². The topological polar surface area (TPSA) is 50.7 Å². The van der Waals surface area contributed by atoms with Crippen LogP contribution in [0.4, 0.5) is 11.4 Å². The first-order valence-electron chi connectivity index (χ1n) is 9.31. The van der Waals surface area contributed by atoms with Gasteiger partial charge < -0.3 is 10.1 Å². The predicted molar refractivity (Wildman–Crippen MR) is 120 cm³/mol. The number of benzene rings is 3. The zero-order valence-corrected chi connectivity index (χ0v) is 17.5. The van der Waals surface area contributed by atoms with Gasteiger partial charge in [-0.15, -0.1) is 0 Å². The molecule has 0 heterocycles. The van der Waals surface area contributed by atoms with Crippen molar-refractivity contribution in [2.45, 2.75) is 20.8 Å². The molecule has 3 rings (SSSR count). The first kappa shape index (κ1) is 20.6. The van der Waals surface area contributed by atoms with Gasteiger partial charge in [0.25, 0.3) is 5.91 Å². The summed E-state index contributed by atoms with van der Waals surface area (Å²) in [5.74, 6) is 0.309. The second kappa shape index (κ2) is 9.39. The Labute approximate surface area is 176 Å². The van der Waals surface area contributed by atoms with Crippen molar-refractivity contribution in [1.82, 2.24) is 0 Å². The molecule has 0 spiro atoms. The Kier molecular flexibility index (Phi) is 6.68. The van der Waals surface area contributed by atoms with Crippen LogP contribution in [0.5, 0.6) is 5.75 Å². The van der Waals surface area contributed by atoms with Gasteiger partial charge in [0.05, 0.1) is 5.69 Å². The molecule has 5 heteroatoms. The molecular weight excluding hydrogens is 384 g/mol. The van der Waals surface area contributed by atoms with Gasteiger partial charge >= 0.3 is 0 Å². The van der Waals surface area contributed by atoms with Gasteiger partial charge in [-0.25, -0.2) is 0 Å². The molecule has 3 aromatic carbocycles. The van der Waals surface area contributed by atoms with E-state index in [4.69, 9.17) is 16.3 Å². The average Bonchev–Trinajstić information content (AvgIpc) is 2.68. The summed E-state index contributed by atoms with van der Waals surface area (Å²) in [6, 6.07) is 18.9. The van der Waals surface area contributed by atoms with E-state index in [0.717, 1.165) is 16.9 Å². The van der Waals surface area contributed by atoms with Gasteiger partial charge in [0, 0.05) is 22.5 Å². The van der Waals surface area contributed by atoms with Crippen LogP contribution in [-0.2, 0) is 4.79 Å². The highest BCUT2D eigenvalue weighted by Gasteiger charge is 2.08. The summed E-state index contributed by atoms with van der Waals surface area (Å²) in [6.07, 6.45) is 1.70. The quantitative estimate of drug-likeness (QED) is 0.508. The number of hydrogen-bond donors (Lipinski definition) is 1. The highest BCUT2D eigenvalue weighted by atomic mass is 35.5. The summed E-state index contributed by atoms with van der Waals surface area (Å²) in [5, 5.41) is 3.40. The Bertz CT molecular complexity index is 1060. The molecule has 0 fully saturated rings. The third-order valence-electron chi connectivity index (χ3n) is 4.48. The first-order valence-corrected chi connectivity index (χ1v) is 9.69. The van der Waals surface area contributed by atoms with Crippen molar-refractivity contribution in [1.29, 1.82) is 0 Å². The van der Waals surface area contributed by atoms with Crippen LogP contribution in [0.3, 0.4) is 0 Å². The van der Waals surface area contributed by atoms with Crippen molar-refractivity contribution in [3.05, 3.63) is 87.9 Å². The van der Waals surface area contributed by atoms with Crippen LogP contribution in [0.15, 0.2) is 65.7 Å². The van der Waals surface area contributed by atoms with E-state index < -0.39 is 0 Å². The monoisotopic (exact) mass is 406 g/mol. The number of carbonyl (C=O) groups excluding carboxylic acids is 1. The van der Waals surface area contributed by atoms with Gasteiger partial charge in [0.15, 0.2) is 6.61 Å². The normalized spacial score (nSPS) is 10.9. The predicted octanol–water partition coefficient (Wildman–Crippen LogP) is 6.03. The molecule has 0 aromatic heterocycles.